The zero-order valence-corrected chi connectivity index (χ0v) is 12.8. The highest BCUT2D eigenvalue weighted by Crippen LogP contribution is 2.47. The van der Waals surface area contributed by atoms with Crippen molar-refractivity contribution < 1.29 is 18.3 Å². The zero-order chi connectivity index (χ0) is 15.8. The van der Waals surface area contributed by atoms with Crippen LogP contribution in [0.4, 0.5) is 13.2 Å². The van der Waals surface area contributed by atoms with E-state index in [9.17, 15) is 18.3 Å². The predicted molar refractivity (Wildman–Crippen MR) is 76.9 cm³/mol. The lowest BCUT2D eigenvalue weighted by Gasteiger charge is -2.41. The van der Waals surface area contributed by atoms with E-state index in [2.05, 4.69) is 13.8 Å². The summed E-state index contributed by atoms with van der Waals surface area (Å²) in [7, 11) is 0. The van der Waals surface area contributed by atoms with E-state index in [1.807, 2.05) is 0 Å². The van der Waals surface area contributed by atoms with E-state index in [0.29, 0.717) is 11.1 Å². The SMILES string of the molecule is Cc1cc(C(F)(F)F)ccc1C(O)C1CCCCC1(C)C. The van der Waals surface area contributed by atoms with Crippen LogP contribution in [0.25, 0.3) is 0 Å². The molecule has 0 aliphatic heterocycles. The van der Waals surface area contributed by atoms with E-state index in [1.165, 1.54) is 6.07 Å². The summed E-state index contributed by atoms with van der Waals surface area (Å²) in [6.45, 7) is 5.92. The molecule has 2 unspecified atom stereocenters. The molecular weight excluding hydrogens is 277 g/mol. The van der Waals surface area contributed by atoms with E-state index in [4.69, 9.17) is 0 Å². The fraction of sp³-hybridized carbons (Fsp3) is 0.647. The number of rotatable bonds is 2. The number of hydrogen-bond donors (Lipinski definition) is 1. The maximum absolute atomic E-state index is 12.7. The monoisotopic (exact) mass is 300 g/mol. The number of hydrogen-bond acceptors (Lipinski definition) is 1. The van der Waals surface area contributed by atoms with Gasteiger partial charge in [-0.2, -0.15) is 13.2 Å². The fourth-order valence-electron chi connectivity index (χ4n) is 3.51. The van der Waals surface area contributed by atoms with Crippen molar-refractivity contribution in [3.05, 3.63) is 34.9 Å². The number of alkyl halides is 3. The highest BCUT2D eigenvalue weighted by molar-refractivity contribution is 5.34. The minimum atomic E-state index is -4.33. The van der Waals surface area contributed by atoms with Crippen molar-refractivity contribution in [1.82, 2.24) is 0 Å². The van der Waals surface area contributed by atoms with E-state index in [0.717, 1.165) is 37.8 Å². The Morgan fingerprint density at radius 1 is 1.24 bits per heavy atom. The van der Waals surface area contributed by atoms with Gasteiger partial charge in [-0.3, -0.25) is 0 Å². The van der Waals surface area contributed by atoms with Crippen LogP contribution in [0, 0.1) is 18.3 Å². The van der Waals surface area contributed by atoms with Crippen molar-refractivity contribution in [2.75, 3.05) is 0 Å². The van der Waals surface area contributed by atoms with Crippen LogP contribution in [0.2, 0.25) is 0 Å². The summed E-state index contributed by atoms with van der Waals surface area (Å²) >= 11 is 0. The molecule has 1 fully saturated rings. The van der Waals surface area contributed by atoms with Crippen molar-refractivity contribution in [3.63, 3.8) is 0 Å². The van der Waals surface area contributed by atoms with Gasteiger partial charge >= 0.3 is 6.18 Å². The van der Waals surface area contributed by atoms with Gasteiger partial charge in [0, 0.05) is 0 Å². The van der Waals surface area contributed by atoms with Gasteiger partial charge in [0.25, 0.3) is 0 Å². The number of aliphatic hydroxyl groups excluding tert-OH is 1. The molecule has 1 nitrogen and oxygen atoms in total. The van der Waals surface area contributed by atoms with Crippen molar-refractivity contribution in [2.45, 2.75) is 58.7 Å². The molecule has 2 atom stereocenters. The molecule has 1 aliphatic carbocycles. The average Bonchev–Trinajstić information content (AvgIpc) is 2.36. The van der Waals surface area contributed by atoms with Gasteiger partial charge in [0.05, 0.1) is 11.7 Å². The Morgan fingerprint density at radius 2 is 1.90 bits per heavy atom. The van der Waals surface area contributed by atoms with Gasteiger partial charge in [0.2, 0.25) is 0 Å². The van der Waals surface area contributed by atoms with E-state index in [-0.39, 0.29) is 11.3 Å². The van der Waals surface area contributed by atoms with Gasteiger partial charge in [-0.25, -0.2) is 0 Å². The Kier molecular flexibility index (Phi) is 4.39. The molecule has 0 amide bonds. The molecule has 4 heteroatoms. The topological polar surface area (TPSA) is 20.2 Å². The lowest BCUT2D eigenvalue weighted by Crippen LogP contribution is -2.33. The zero-order valence-electron chi connectivity index (χ0n) is 12.8. The average molecular weight is 300 g/mol. The first kappa shape index (κ1) is 16.3. The van der Waals surface area contributed by atoms with Crippen LogP contribution >= 0.6 is 0 Å². The maximum Gasteiger partial charge on any atom is 0.416 e. The van der Waals surface area contributed by atoms with Crippen LogP contribution in [-0.4, -0.2) is 5.11 Å². The molecule has 1 aromatic carbocycles. The summed E-state index contributed by atoms with van der Waals surface area (Å²) in [4.78, 5) is 0. The van der Waals surface area contributed by atoms with Crippen molar-refractivity contribution in [2.24, 2.45) is 11.3 Å². The molecule has 2 rings (SSSR count). The molecule has 1 aliphatic rings. The molecule has 0 heterocycles. The highest BCUT2D eigenvalue weighted by atomic mass is 19.4. The van der Waals surface area contributed by atoms with Gasteiger partial charge in [0.15, 0.2) is 0 Å². The first-order valence-corrected chi connectivity index (χ1v) is 7.49. The van der Waals surface area contributed by atoms with Gasteiger partial charge in [-0.05, 0) is 54.4 Å². The lowest BCUT2D eigenvalue weighted by atomic mass is 9.65. The Balaban J connectivity index is 2.29. The van der Waals surface area contributed by atoms with Crippen molar-refractivity contribution >= 4 is 0 Å². The van der Waals surface area contributed by atoms with Gasteiger partial charge in [0.1, 0.15) is 0 Å². The van der Waals surface area contributed by atoms with E-state index < -0.39 is 17.8 Å². The fourth-order valence-corrected chi connectivity index (χ4v) is 3.51. The minimum Gasteiger partial charge on any atom is -0.388 e. The second-order valence-electron chi connectivity index (χ2n) is 6.85. The predicted octanol–water partition coefficient (Wildman–Crippen LogP) is 5.26. The third-order valence-corrected chi connectivity index (χ3v) is 4.89. The van der Waals surface area contributed by atoms with Crippen LogP contribution in [0.5, 0.6) is 0 Å². The summed E-state index contributed by atoms with van der Waals surface area (Å²) in [5, 5.41) is 10.7. The Bertz CT molecular complexity index is 505. The number of halogens is 3. The first-order valence-electron chi connectivity index (χ1n) is 7.49. The van der Waals surface area contributed by atoms with Gasteiger partial charge in [-0.1, -0.05) is 32.8 Å². The molecular formula is C17H23F3O. The second-order valence-corrected chi connectivity index (χ2v) is 6.85. The van der Waals surface area contributed by atoms with Gasteiger partial charge in [-0.15, -0.1) is 0 Å². The molecule has 1 saturated carbocycles. The number of benzene rings is 1. The molecule has 1 aromatic rings. The Labute approximate surface area is 124 Å². The molecule has 0 saturated heterocycles. The third kappa shape index (κ3) is 3.42. The van der Waals surface area contributed by atoms with Crippen LogP contribution in [0.3, 0.4) is 0 Å². The Hall–Kier alpha value is -1.03. The summed E-state index contributed by atoms with van der Waals surface area (Å²) in [6.07, 6.45) is -0.823. The highest BCUT2D eigenvalue weighted by Gasteiger charge is 2.38. The van der Waals surface area contributed by atoms with E-state index in [1.54, 1.807) is 6.92 Å². The quantitative estimate of drug-likeness (QED) is 0.789. The summed E-state index contributed by atoms with van der Waals surface area (Å²) < 4.78 is 38.1. The molecule has 0 spiro atoms. The number of aryl methyl sites for hydroxylation is 1. The molecule has 0 radical (unpaired) electrons. The molecule has 118 valence electrons. The largest absolute Gasteiger partial charge is 0.416 e. The van der Waals surface area contributed by atoms with Crippen LogP contribution in [0.15, 0.2) is 18.2 Å². The summed E-state index contributed by atoms with van der Waals surface area (Å²) in [5.74, 6) is 0.0988. The normalized spacial score (nSPS) is 23.9. The van der Waals surface area contributed by atoms with Crippen molar-refractivity contribution in [1.29, 1.82) is 0 Å². The molecule has 21 heavy (non-hydrogen) atoms. The van der Waals surface area contributed by atoms with Gasteiger partial charge < -0.3 is 5.11 Å². The lowest BCUT2D eigenvalue weighted by molar-refractivity contribution is -0.137. The van der Waals surface area contributed by atoms with Crippen LogP contribution < -0.4 is 0 Å². The Morgan fingerprint density at radius 3 is 2.43 bits per heavy atom. The maximum atomic E-state index is 12.7. The summed E-state index contributed by atoms with van der Waals surface area (Å²) in [6, 6.07) is 3.64. The second kappa shape index (κ2) is 5.64. The van der Waals surface area contributed by atoms with Crippen LogP contribution in [-0.2, 0) is 6.18 Å². The molecule has 1 N–H and O–H groups in total. The summed E-state index contributed by atoms with van der Waals surface area (Å²) in [5.41, 5.74) is 0.507. The minimum absolute atomic E-state index is 0.0206. The number of aliphatic hydroxyl groups is 1. The smallest absolute Gasteiger partial charge is 0.388 e. The van der Waals surface area contributed by atoms with E-state index >= 15 is 0 Å². The van der Waals surface area contributed by atoms with Crippen molar-refractivity contribution in [3.8, 4) is 0 Å². The van der Waals surface area contributed by atoms with Crippen LogP contribution in [0.1, 0.15) is 62.3 Å². The third-order valence-electron chi connectivity index (χ3n) is 4.89. The standard InChI is InChI=1S/C17H23F3O/c1-11-10-12(17(18,19)20)7-8-13(11)15(21)14-6-4-5-9-16(14,2)3/h7-8,10,14-15,21H,4-6,9H2,1-3H3. The molecule has 0 bridgehead atoms. The molecule has 0 aromatic heterocycles. The first-order chi connectivity index (χ1) is 9.63.